The summed E-state index contributed by atoms with van der Waals surface area (Å²) in [6.45, 7) is 3.32. The molecule has 0 spiro atoms. The number of benzene rings is 1. The van der Waals surface area contributed by atoms with E-state index in [1.807, 2.05) is 38.2 Å². The van der Waals surface area contributed by atoms with Crippen molar-refractivity contribution in [3.63, 3.8) is 0 Å². The molecule has 1 amide bonds. The average Bonchev–Trinajstić information content (AvgIpc) is 3.09. The number of imidazole rings is 1. The summed E-state index contributed by atoms with van der Waals surface area (Å²) in [5, 5.41) is 7.36. The molecule has 0 bridgehead atoms. The summed E-state index contributed by atoms with van der Waals surface area (Å²) in [6, 6.07) is 12.1. The molecule has 1 aliphatic rings. The number of carbonyl (C=O) groups is 1. The Morgan fingerprint density at radius 2 is 2.00 bits per heavy atom. The molecule has 0 saturated carbocycles. The van der Waals surface area contributed by atoms with Crippen LogP contribution in [0.2, 0.25) is 0 Å². The number of aromatic nitrogens is 4. The van der Waals surface area contributed by atoms with Gasteiger partial charge in [-0.15, -0.1) is 0 Å². The van der Waals surface area contributed by atoms with Crippen LogP contribution in [0.3, 0.4) is 0 Å². The van der Waals surface area contributed by atoms with Crippen molar-refractivity contribution in [1.82, 2.24) is 24.6 Å². The van der Waals surface area contributed by atoms with Gasteiger partial charge in [-0.05, 0) is 32.3 Å². The lowest BCUT2D eigenvalue weighted by atomic mass is 10.1. The second kappa shape index (κ2) is 7.39. The number of hydrogen-bond acceptors (Lipinski definition) is 3. The molecule has 1 aromatic carbocycles. The number of carbonyl (C=O) groups excluding carboxylic acids is 1. The zero-order valence-electron chi connectivity index (χ0n) is 15.9. The standard InChI is InChI=1S/C21H25N5O/c1-15-13-17(25(2)24-15)14-22-21(27)19-18-11-7-4-8-12-26(18)20(23-19)16-9-5-3-6-10-16/h3,5-6,9-10,13H,4,7-8,11-12,14H2,1-2H3,(H,22,27). The molecule has 1 N–H and O–H groups in total. The summed E-state index contributed by atoms with van der Waals surface area (Å²) < 4.78 is 4.05. The van der Waals surface area contributed by atoms with Gasteiger partial charge in [-0.25, -0.2) is 4.98 Å². The molecule has 3 heterocycles. The number of amides is 1. The molecule has 0 saturated heterocycles. The molecule has 140 valence electrons. The Bertz CT molecular complexity index is 955. The third-order valence-corrected chi connectivity index (χ3v) is 5.14. The highest BCUT2D eigenvalue weighted by Gasteiger charge is 2.24. The highest BCUT2D eigenvalue weighted by atomic mass is 16.1. The number of hydrogen-bond donors (Lipinski definition) is 1. The van der Waals surface area contributed by atoms with Crippen LogP contribution in [0.5, 0.6) is 0 Å². The second-order valence-electron chi connectivity index (χ2n) is 7.14. The first kappa shape index (κ1) is 17.5. The van der Waals surface area contributed by atoms with E-state index in [-0.39, 0.29) is 5.91 Å². The highest BCUT2D eigenvalue weighted by Crippen LogP contribution is 2.27. The normalized spacial score (nSPS) is 13.9. The van der Waals surface area contributed by atoms with Gasteiger partial charge in [0, 0.05) is 19.2 Å². The molecule has 6 heteroatoms. The van der Waals surface area contributed by atoms with Crippen LogP contribution in [0.4, 0.5) is 0 Å². The van der Waals surface area contributed by atoms with E-state index >= 15 is 0 Å². The van der Waals surface area contributed by atoms with Crippen molar-refractivity contribution >= 4 is 5.91 Å². The van der Waals surface area contributed by atoms with Crippen LogP contribution in [0.1, 0.15) is 46.8 Å². The summed E-state index contributed by atoms with van der Waals surface area (Å²) in [4.78, 5) is 17.7. The average molecular weight is 363 g/mol. The van der Waals surface area contributed by atoms with Crippen LogP contribution in [0.25, 0.3) is 11.4 Å². The molecule has 3 aromatic rings. The Balaban J connectivity index is 1.64. The fraction of sp³-hybridized carbons (Fsp3) is 0.381. The first-order valence-electron chi connectivity index (χ1n) is 9.56. The van der Waals surface area contributed by atoms with Crippen LogP contribution in [-0.4, -0.2) is 25.2 Å². The number of aryl methyl sites for hydroxylation is 2. The molecule has 0 aliphatic carbocycles. The SMILES string of the molecule is Cc1cc(CNC(=O)c2nc(-c3ccccc3)n3c2CCCCC3)n(C)n1. The van der Waals surface area contributed by atoms with E-state index in [0.29, 0.717) is 12.2 Å². The molecule has 27 heavy (non-hydrogen) atoms. The predicted octanol–water partition coefficient (Wildman–Crippen LogP) is 3.25. The van der Waals surface area contributed by atoms with Crippen molar-refractivity contribution in [2.75, 3.05) is 0 Å². The molecular weight excluding hydrogens is 338 g/mol. The van der Waals surface area contributed by atoms with E-state index in [2.05, 4.69) is 27.1 Å². The van der Waals surface area contributed by atoms with E-state index in [1.54, 1.807) is 4.68 Å². The topological polar surface area (TPSA) is 64.7 Å². The molecule has 0 atom stereocenters. The number of rotatable bonds is 4. The molecule has 0 fully saturated rings. The zero-order valence-corrected chi connectivity index (χ0v) is 15.9. The predicted molar refractivity (Wildman–Crippen MR) is 104 cm³/mol. The van der Waals surface area contributed by atoms with Gasteiger partial charge in [-0.3, -0.25) is 9.48 Å². The summed E-state index contributed by atoms with van der Waals surface area (Å²) >= 11 is 0. The molecular formula is C21H25N5O. The smallest absolute Gasteiger partial charge is 0.272 e. The fourth-order valence-corrected chi connectivity index (χ4v) is 3.79. The minimum absolute atomic E-state index is 0.110. The van der Waals surface area contributed by atoms with Crippen LogP contribution >= 0.6 is 0 Å². The van der Waals surface area contributed by atoms with Gasteiger partial charge in [-0.2, -0.15) is 5.10 Å². The first-order valence-corrected chi connectivity index (χ1v) is 9.56. The third-order valence-electron chi connectivity index (χ3n) is 5.14. The van der Waals surface area contributed by atoms with Crippen molar-refractivity contribution in [2.45, 2.75) is 45.7 Å². The molecule has 0 unspecified atom stereocenters. The summed E-state index contributed by atoms with van der Waals surface area (Å²) in [5.41, 5.74) is 4.61. The maximum atomic E-state index is 12.9. The van der Waals surface area contributed by atoms with Gasteiger partial charge in [0.25, 0.3) is 5.91 Å². The maximum Gasteiger partial charge on any atom is 0.272 e. The van der Waals surface area contributed by atoms with Gasteiger partial charge in [0.15, 0.2) is 0 Å². The van der Waals surface area contributed by atoms with Crippen LogP contribution in [0.15, 0.2) is 36.4 Å². The molecule has 6 nitrogen and oxygen atoms in total. The summed E-state index contributed by atoms with van der Waals surface area (Å²) in [5.74, 6) is 0.788. The largest absolute Gasteiger partial charge is 0.345 e. The number of nitrogens with one attached hydrogen (secondary N) is 1. The zero-order chi connectivity index (χ0) is 18.8. The number of fused-ring (bicyclic) bond motifs is 1. The maximum absolute atomic E-state index is 12.9. The van der Waals surface area contributed by atoms with Crippen molar-refractivity contribution in [2.24, 2.45) is 7.05 Å². The number of nitrogens with zero attached hydrogens (tertiary/aromatic N) is 4. The molecule has 2 aromatic heterocycles. The van der Waals surface area contributed by atoms with E-state index in [4.69, 9.17) is 4.98 Å². The molecule has 1 aliphatic heterocycles. The lowest BCUT2D eigenvalue weighted by Gasteiger charge is -2.09. The van der Waals surface area contributed by atoms with Gasteiger partial charge in [-0.1, -0.05) is 36.8 Å². The second-order valence-corrected chi connectivity index (χ2v) is 7.14. The minimum atomic E-state index is -0.110. The van der Waals surface area contributed by atoms with Gasteiger partial charge >= 0.3 is 0 Å². The van der Waals surface area contributed by atoms with Gasteiger partial charge in [0.05, 0.1) is 23.6 Å². The quantitative estimate of drug-likeness (QED) is 0.774. The van der Waals surface area contributed by atoms with Crippen LogP contribution in [0, 0.1) is 6.92 Å². The van der Waals surface area contributed by atoms with Crippen molar-refractivity contribution in [1.29, 1.82) is 0 Å². The van der Waals surface area contributed by atoms with Crippen LogP contribution < -0.4 is 5.32 Å². The van der Waals surface area contributed by atoms with Gasteiger partial charge < -0.3 is 9.88 Å². The fourth-order valence-electron chi connectivity index (χ4n) is 3.79. The van der Waals surface area contributed by atoms with Crippen molar-refractivity contribution < 1.29 is 4.79 Å². The van der Waals surface area contributed by atoms with Gasteiger partial charge in [0.1, 0.15) is 11.5 Å². The van der Waals surface area contributed by atoms with Gasteiger partial charge in [0.2, 0.25) is 0 Å². The first-order chi connectivity index (χ1) is 13.1. The molecule has 0 radical (unpaired) electrons. The Labute approximate surface area is 159 Å². The van der Waals surface area contributed by atoms with Crippen LogP contribution in [-0.2, 0) is 26.6 Å². The van der Waals surface area contributed by atoms with Crippen molar-refractivity contribution in [3.05, 3.63) is 59.2 Å². The third kappa shape index (κ3) is 3.52. The Morgan fingerprint density at radius 1 is 1.19 bits per heavy atom. The van der Waals surface area contributed by atoms with Crippen molar-refractivity contribution in [3.8, 4) is 11.4 Å². The Kier molecular flexibility index (Phi) is 4.79. The summed E-state index contributed by atoms with van der Waals surface area (Å²) in [6.07, 6.45) is 4.30. The minimum Gasteiger partial charge on any atom is -0.345 e. The van der Waals surface area contributed by atoms with E-state index < -0.39 is 0 Å². The monoisotopic (exact) mass is 363 g/mol. The lowest BCUT2D eigenvalue weighted by Crippen LogP contribution is -2.25. The Morgan fingerprint density at radius 3 is 2.74 bits per heavy atom. The summed E-state index contributed by atoms with van der Waals surface area (Å²) in [7, 11) is 1.89. The highest BCUT2D eigenvalue weighted by molar-refractivity contribution is 5.94. The lowest BCUT2D eigenvalue weighted by molar-refractivity contribution is 0.0944. The van der Waals surface area contributed by atoms with E-state index in [9.17, 15) is 4.79 Å². The Hall–Kier alpha value is -2.89. The molecule has 4 rings (SSSR count). The van der Waals surface area contributed by atoms with E-state index in [0.717, 1.165) is 54.3 Å². The van der Waals surface area contributed by atoms with E-state index in [1.165, 1.54) is 6.42 Å².